The maximum absolute atomic E-state index is 13.6. The Balaban J connectivity index is 1.35. The van der Waals surface area contributed by atoms with Crippen LogP contribution in [0.2, 0.25) is 0 Å². The summed E-state index contributed by atoms with van der Waals surface area (Å²) in [6.07, 6.45) is 0.241. The molecule has 0 aromatic heterocycles. The van der Waals surface area contributed by atoms with E-state index in [2.05, 4.69) is 5.32 Å². The number of carbonyl (C=O) groups is 3. The van der Waals surface area contributed by atoms with Gasteiger partial charge in [-0.2, -0.15) is 0 Å². The van der Waals surface area contributed by atoms with Crippen LogP contribution in [0.4, 0.5) is 4.79 Å². The van der Waals surface area contributed by atoms with Crippen LogP contribution in [0, 0.1) is 0 Å². The van der Waals surface area contributed by atoms with Gasteiger partial charge in [0.25, 0.3) is 5.91 Å². The minimum atomic E-state index is -0.595. The number of nitrogens with one attached hydrogen (secondary N) is 1. The molecule has 0 spiro atoms. The zero-order valence-corrected chi connectivity index (χ0v) is 20.3. The predicted octanol–water partition coefficient (Wildman–Crippen LogP) is 2.91. The number of nitrogens with zero attached hydrogens (tertiary/aromatic N) is 3. The molecule has 0 radical (unpaired) electrons. The van der Waals surface area contributed by atoms with Crippen LogP contribution in [-0.4, -0.2) is 78.5 Å². The lowest BCUT2D eigenvalue weighted by molar-refractivity contribution is -0.136. The lowest BCUT2D eigenvalue weighted by atomic mass is 9.95. The smallest absolute Gasteiger partial charge is 0.322 e. The summed E-state index contributed by atoms with van der Waals surface area (Å²) in [6.45, 7) is 5.17. The molecule has 36 heavy (non-hydrogen) atoms. The Morgan fingerprint density at radius 3 is 2.56 bits per heavy atom. The number of carbonyl (C=O) groups excluding carboxylic acids is 3. The van der Waals surface area contributed by atoms with Crippen LogP contribution in [0.5, 0.6) is 11.5 Å². The highest BCUT2D eigenvalue weighted by molar-refractivity contribution is 6.01. The molecule has 0 bridgehead atoms. The lowest BCUT2D eigenvalue weighted by Crippen LogP contribution is -2.47. The number of urea groups is 1. The molecule has 1 saturated heterocycles. The molecule has 2 aromatic carbocycles. The van der Waals surface area contributed by atoms with Crippen LogP contribution in [0.3, 0.4) is 0 Å². The minimum Gasteiger partial charge on any atom is -0.457 e. The molecule has 2 aromatic rings. The number of hydrogen-bond acceptors (Lipinski definition) is 5. The number of amides is 4. The maximum atomic E-state index is 13.6. The van der Waals surface area contributed by atoms with Gasteiger partial charge >= 0.3 is 6.03 Å². The Labute approximate surface area is 210 Å². The van der Waals surface area contributed by atoms with Gasteiger partial charge in [0.05, 0.1) is 37.1 Å². The van der Waals surface area contributed by atoms with E-state index in [0.717, 1.165) is 5.56 Å². The van der Waals surface area contributed by atoms with Crippen LogP contribution < -0.4 is 10.1 Å². The first kappa shape index (κ1) is 23.9. The highest BCUT2D eigenvalue weighted by atomic mass is 16.5. The number of hydrogen-bond donors (Lipinski definition) is 1. The van der Waals surface area contributed by atoms with Crippen LogP contribution in [-0.2, 0) is 14.3 Å². The average molecular weight is 491 g/mol. The molecular weight excluding hydrogens is 460 g/mol. The van der Waals surface area contributed by atoms with E-state index in [1.54, 1.807) is 14.7 Å². The normalized spacial score (nSPS) is 19.9. The topological polar surface area (TPSA) is 91.4 Å². The van der Waals surface area contributed by atoms with E-state index in [1.807, 2.05) is 61.5 Å². The van der Waals surface area contributed by atoms with Crippen molar-refractivity contribution < 1.29 is 23.9 Å². The average Bonchev–Trinajstić information content (AvgIpc) is 3.23. The third kappa shape index (κ3) is 4.79. The number of para-hydroxylation sites is 1. The number of morpholine rings is 1. The van der Waals surface area contributed by atoms with Crippen molar-refractivity contribution in [3.8, 4) is 11.5 Å². The summed E-state index contributed by atoms with van der Waals surface area (Å²) in [5.41, 5.74) is 2.01. The van der Waals surface area contributed by atoms with E-state index in [-0.39, 0.29) is 24.3 Å². The molecule has 9 nitrogen and oxygen atoms in total. The third-order valence-electron chi connectivity index (χ3n) is 6.74. The molecule has 3 aliphatic heterocycles. The van der Waals surface area contributed by atoms with Gasteiger partial charge in [-0.25, -0.2) is 4.79 Å². The summed E-state index contributed by atoms with van der Waals surface area (Å²) >= 11 is 0. The number of rotatable bonds is 7. The molecule has 0 aliphatic carbocycles. The van der Waals surface area contributed by atoms with E-state index >= 15 is 0 Å². The van der Waals surface area contributed by atoms with Gasteiger partial charge in [0.2, 0.25) is 5.91 Å². The van der Waals surface area contributed by atoms with Gasteiger partial charge in [0.15, 0.2) is 0 Å². The summed E-state index contributed by atoms with van der Waals surface area (Å²) in [6, 6.07) is 16.0. The van der Waals surface area contributed by atoms with E-state index in [9.17, 15) is 14.4 Å². The molecule has 4 amide bonds. The Kier molecular flexibility index (Phi) is 6.90. The molecule has 0 saturated carbocycles. The summed E-state index contributed by atoms with van der Waals surface area (Å²) < 4.78 is 11.3. The Hall–Kier alpha value is -3.85. The third-order valence-corrected chi connectivity index (χ3v) is 6.74. The first-order valence-corrected chi connectivity index (χ1v) is 12.3. The highest BCUT2D eigenvalue weighted by Gasteiger charge is 2.43. The van der Waals surface area contributed by atoms with Crippen molar-refractivity contribution in [3.63, 3.8) is 0 Å². The maximum Gasteiger partial charge on any atom is 0.322 e. The SMILES string of the molecule is CCN1C(=O)NC(c2cccc(Oc3ccccc3)c2)C2=C1CN(CCC(=O)N1CCOCC1)C2=O. The van der Waals surface area contributed by atoms with Crippen LogP contribution in [0.25, 0.3) is 0 Å². The molecular formula is C27H30N4O5. The minimum absolute atomic E-state index is 0.0137. The summed E-state index contributed by atoms with van der Waals surface area (Å²) in [7, 11) is 0. The number of likely N-dealkylation sites (N-methyl/N-ethyl adjacent to an activating group) is 1. The second-order valence-corrected chi connectivity index (χ2v) is 8.94. The second-order valence-electron chi connectivity index (χ2n) is 8.94. The van der Waals surface area contributed by atoms with Gasteiger partial charge in [0, 0.05) is 32.6 Å². The van der Waals surface area contributed by atoms with Crippen molar-refractivity contribution in [1.29, 1.82) is 0 Å². The van der Waals surface area contributed by atoms with E-state index in [0.29, 0.717) is 68.7 Å². The lowest BCUT2D eigenvalue weighted by Gasteiger charge is -2.33. The van der Waals surface area contributed by atoms with Crippen molar-refractivity contribution in [1.82, 2.24) is 20.0 Å². The quantitative estimate of drug-likeness (QED) is 0.645. The highest BCUT2D eigenvalue weighted by Crippen LogP contribution is 2.37. The fraction of sp³-hybridized carbons (Fsp3) is 0.370. The fourth-order valence-electron chi connectivity index (χ4n) is 4.90. The molecule has 9 heteroatoms. The molecule has 1 unspecified atom stereocenters. The van der Waals surface area contributed by atoms with Crippen molar-refractivity contribution in [2.24, 2.45) is 0 Å². The van der Waals surface area contributed by atoms with Gasteiger partial charge in [-0.3, -0.25) is 14.5 Å². The Morgan fingerprint density at radius 2 is 1.81 bits per heavy atom. The van der Waals surface area contributed by atoms with Gasteiger partial charge < -0.3 is 24.6 Å². The first-order valence-electron chi connectivity index (χ1n) is 12.3. The van der Waals surface area contributed by atoms with Crippen molar-refractivity contribution in [2.45, 2.75) is 19.4 Å². The Morgan fingerprint density at radius 1 is 1.06 bits per heavy atom. The zero-order chi connectivity index (χ0) is 25.1. The van der Waals surface area contributed by atoms with E-state index in [4.69, 9.17) is 9.47 Å². The van der Waals surface area contributed by atoms with Crippen LogP contribution >= 0.6 is 0 Å². The molecule has 3 aliphatic rings. The van der Waals surface area contributed by atoms with Crippen LogP contribution in [0.15, 0.2) is 65.9 Å². The largest absolute Gasteiger partial charge is 0.457 e. The Bertz CT molecular complexity index is 1180. The van der Waals surface area contributed by atoms with E-state index in [1.165, 1.54) is 0 Å². The summed E-state index contributed by atoms with van der Waals surface area (Å²) in [5, 5.41) is 3.00. The first-order chi connectivity index (χ1) is 17.5. The second kappa shape index (κ2) is 10.4. The van der Waals surface area contributed by atoms with Gasteiger partial charge in [-0.15, -0.1) is 0 Å². The molecule has 1 atom stereocenters. The summed E-state index contributed by atoms with van der Waals surface area (Å²) in [5.74, 6) is 1.18. The van der Waals surface area contributed by atoms with Crippen molar-refractivity contribution in [3.05, 3.63) is 71.4 Å². The standard InChI is InChI=1S/C27H30N4O5/c1-2-31-22-18-30(12-11-23(32)29-13-15-35-16-14-29)26(33)24(22)25(28-27(31)34)19-7-6-10-21(17-19)36-20-8-4-3-5-9-20/h3-10,17,25H,2,11-16,18H2,1H3,(H,28,34). The van der Waals surface area contributed by atoms with Crippen molar-refractivity contribution >= 4 is 17.8 Å². The fourth-order valence-corrected chi connectivity index (χ4v) is 4.90. The molecule has 5 rings (SSSR count). The molecule has 3 heterocycles. The van der Waals surface area contributed by atoms with Gasteiger partial charge in [-0.05, 0) is 36.8 Å². The van der Waals surface area contributed by atoms with Crippen molar-refractivity contribution in [2.75, 3.05) is 45.9 Å². The number of benzene rings is 2. The van der Waals surface area contributed by atoms with E-state index < -0.39 is 6.04 Å². The van der Waals surface area contributed by atoms with Gasteiger partial charge in [-0.1, -0.05) is 30.3 Å². The van der Waals surface area contributed by atoms with Gasteiger partial charge in [0.1, 0.15) is 11.5 Å². The predicted molar refractivity (Wildman–Crippen MR) is 132 cm³/mol. The molecule has 1 N–H and O–H groups in total. The number of ether oxygens (including phenoxy) is 2. The summed E-state index contributed by atoms with van der Waals surface area (Å²) in [4.78, 5) is 44.2. The molecule has 188 valence electrons. The zero-order valence-electron chi connectivity index (χ0n) is 20.3. The monoisotopic (exact) mass is 490 g/mol. The molecule has 1 fully saturated rings. The van der Waals surface area contributed by atoms with Crippen LogP contribution in [0.1, 0.15) is 24.9 Å².